The minimum atomic E-state index is 0.0406. The number of aromatic nitrogens is 3. The molecule has 1 saturated carbocycles. The Balaban J connectivity index is 1.34. The van der Waals surface area contributed by atoms with Crippen molar-refractivity contribution in [2.24, 2.45) is 0 Å². The molecule has 3 heterocycles. The summed E-state index contributed by atoms with van der Waals surface area (Å²) in [5.74, 6) is 1.35. The molecule has 4 aromatic rings. The molecule has 168 valence electrons. The number of benzene rings is 2. The van der Waals surface area contributed by atoms with Gasteiger partial charge >= 0.3 is 0 Å². The molecule has 1 saturated heterocycles. The van der Waals surface area contributed by atoms with E-state index in [0.717, 1.165) is 46.3 Å². The fourth-order valence-electron chi connectivity index (χ4n) is 5.33. The topological polar surface area (TPSA) is 69.2 Å². The van der Waals surface area contributed by atoms with Crippen LogP contribution >= 0.6 is 0 Å². The highest BCUT2D eigenvalue weighted by Gasteiger charge is 2.46. The predicted molar refractivity (Wildman–Crippen MR) is 131 cm³/mol. The molecule has 2 fully saturated rings. The van der Waals surface area contributed by atoms with Crippen LogP contribution < -0.4 is 10.5 Å². The van der Waals surface area contributed by atoms with Crippen LogP contribution in [0.15, 0.2) is 67.1 Å². The summed E-state index contributed by atoms with van der Waals surface area (Å²) >= 11 is 0. The third-order valence-corrected chi connectivity index (χ3v) is 7.35. The molecule has 0 amide bonds. The van der Waals surface area contributed by atoms with E-state index in [0.29, 0.717) is 18.5 Å². The van der Waals surface area contributed by atoms with Gasteiger partial charge in [0.15, 0.2) is 0 Å². The third-order valence-electron chi connectivity index (χ3n) is 7.35. The van der Waals surface area contributed by atoms with E-state index in [1.807, 2.05) is 30.3 Å². The van der Waals surface area contributed by atoms with Gasteiger partial charge < -0.3 is 19.9 Å². The van der Waals surface area contributed by atoms with Crippen molar-refractivity contribution in [3.8, 4) is 16.9 Å². The molecule has 0 radical (unpaired) electrons. The SMILES string of the molecule is C[C@]1(n2cc(-c3cccc(OCc4ccccc4)c3)c3c(N)ncnc32)C[C@@H](N2CCC2)C1. The van der Waals surface area contributed by atoms with E-state index in [-0.39, 0.29) is 5.54 Å². The van der Waals surface area contributed by atoms with Crippen LogP contribution in [0.25, 0.3) is 22.2 Å². The quantitative estimate of drug-likeness (QED) is 0.465. The van der Waals surface area contributed by atoms with Crippen LogP contribution in [0, 0.1) is 0 Å². The highest BCUT2D eigenvalue weighted by Crippen LogP contribution is 2.46. The Labute approximate surface area is 194 Å². The fraction of sp³-hybridized carbons (Fsp3) is 0.333. The predicted octanol–water partition coefficient (Wildman–Crippen LogP) is 4.84. The number of nitrogen functional groups attached to an aromatic ring is 1. The number of likely N-dealkylation sites (tertiary alicyclic amines) is 1. The lowest BCUT2D eigenvalue weighted by Gasteiger charge is -2.53. The van der Waals surface area contributed by atoms with Crippen molar-refractivity contribution in [1.82, 2.24) is 19.4 Å². The van der Waals surface area contributed by atoms with Crippen molar-refractivity contribution < 1.29 is 4.74 Å². The second kappa shape index (κ2) is 7.89. The number of rotatable bonds is 6. The van der Waals surface area contributed by atoms with Gasteiger partial charge in [-0.25, -0.2) is 9.97 Å². The Morgan fingerprint density at radius 2 is 1.88 bits per heavy atom. The van der Waals surface area contributed by atoms with Crippen LogP contribution in [0.4, 0.5) is 5.82 Å². The van der Waals surface area contributed by atoms with Crippen molar-refractivity contribution in [3.05, 3.63) is 72.7 Å². The van der Waals surface area contributed by atoms with Crippen molar-refractivity contribution in [1.29, 1.82) is 0 Å². The van der Waals surface area contributed by atoms with Crippen molar-refractivity contribution in [2.75, 3.05) is 18.8 Å². The molecular formula is C27H29N5O. The number of fused-ring (bicyclic) bond motifs is 1. The van der Waals surface area contributed by atoms with Gasteiger partial charge in [0.2, 0.25) is 0 Å². The average molecular weight is 440 g/mol. The van der Waals surface area contributed by atoms with Gasteiger partial charge in [0, 0.05) is 23.3 Å². The van der Waals surface area contributed by atoms with Crippen LogP contribution in [0.1, 0.15) is 31.7 Å². The van der Waals surface area contributed by atoms with Gasteiger partial charge in [-0.1, -0.05) is 42.5 Å². The molecule has 2 aromatic carbocycles. The van der Waals surface area contributed by atoms with E-state index in [9.17, 15) is 0 Å². The number of anilines is 1. The van der Waals surface area contributed by atoms with E-state index in [1.54, 1.807) is 6.33 Å². The van der Waals surface area contributed by atoms with Gasteiger partial charge in [-0.3, -0.25) is 0 Å². The van der Waals surface area contributed by atoms with Crippen LogP contribution in [-0.4, -0.2) is 38.6 Å². The molecule has 2 aliphatic rings. The Morgan fingerprint density at radius 3 is 2.64 bits per heavy atom. The Morgan fingerprint density at radius 1 is 1.06 bits per heavy atom. The lowest BCUT2D eigenvalue weighted by Crippen LogP contribution is -2.58. The van der Waals surface area contributed by atoms with Crippen molar-refractivity contribution in [2.45, 2.75) is 44.4 Å². The molecule has 0 spiro atoms. The fourth-order valence-corrected chi connectivity index (χ4v) is 5.33. The van der Waals surface area contributed by atoms with E-state index in [1.165, 1.54) is 19.5 Å². The molecule has 0 atom stereocenters. The number of ether oxygens (including phenoxy) is 1. The van der Waals surface area contributed by atoms with Gasteiger partial charge in [0.25, 0.3) is 0 Å². The third kappa shape index (κ3) is 3.55. The number of hydrogen-bond acceptors (Lipinski definition) is 5. The van der Waals surface area contributed by atoms with Crippen LogP contribution in [0.5, 0.6) is 5.75 Å². The van der Waals surface area contributed by atoms with E-state index >= 15 is 0 Å². The summed E-state index contributed by atoms with van der Waals surface area (Å²) in [5.41, 5.74) is 10.6. The highest BCUT2D eigenvalue weighted by atomic mass is 16.5. The molecule has 2 aromatic heterocycles. The number of nitrogens with zero attached hydrogens (tertiary/aromatic N) is 4. The first-order chi connectivity index (χ1) is 16.1. The van der Waals surface area contributed by atoms with Gasteiger partial charge in [0.05, 0.1) is 5.39 Å². The second-order valence-electron chi connectivity index (χ2n) is 9.62. The summed E-state index contributed by atoms with van der Waals surface area (Å²) in [6.45, 7) is 5.35. The first-order valence-electron chi connectivity index (χ1n) is 11.7. The zero-order chi connectivity index (χ0) is 22.4. The molecule has 1 aliphatic heterocycles. The van der Waals surface area contributed by atoms with E-state index in [2.05, 4.69) is 56.8 Å². The lowest BCUT2D eigenvalue weighted by atomic mass is 9.72. The minimum absolute atomic E-state index is 0.0406. The molecule has 33 heavy (non-hydrogen) atoms. The molecule has 6 nitrogen and oxygen atoms in total. The number of nitrogens with two attached hydrogens (primary N) is 1. The first-order valence-corrected chi connectivity index (χ1v) is 11.7. The molecule has 6 heteroatoms. The van der Waals surface area contributed by atoms with Crippen molar-refractivity contribution >= 4 is 16.9 Å². The maximum atomic E-state index is 6.39. The van der Waals surface area contributed by atoms with Crippen molar-refractivity contribution in [3.63, 3.8) is 0 Å². The first kappa shape index (κ1) is 20.2. The molecular weight excluding hydrogens is 410 g/mol. The largest absolute Gasteiger partial charge is 0.489 e. The van der Waals surface area contributed by atoms with E-state index < -0.39 is 0 Å². The van der Waals surface area contributed by atoms with Gasteiger partial charge in [-0.2, -0.15) is 0 Å². The highest BCUT2D eigenvalue weighted by molar-refractivity contribution is 6.00. The zero-order valence-electron chi connectivity index (χ0n) is 18.9. The molecule has 0 bridgehead atoms. The summed E-state index contributed by atoms with van der Waals surface area (Å²) in [6.07, 6.45) is 7.40. The smallest absolute Gasteiger partial charge is 0.146 e. The average Bonchev–Trinajstić information content (AvgIpc) is 3.18. The molecule has 2 N–H and O–H groups in total. The molecule has 0 unspecified atom stereocenters. The Hall–Kier alpha value is -3.38. The summed E-state index contributed by atoms with van der Waals surface area (Å²) in [6, 6.07) is 19.1. The standard InChI is InChI=1S/C27H29N5O/c1-27(14-21(15-27)31-11-6-12-31)32-16-23(24-25(28)29-18-30-26(24)32)20-9-5-10-22(13-20)33-17-19-7-3-2-4-8-19/h2-5,7-10,13,16,18,21H,6,11-12,14-15,17H2,1H3,(H2,28,29,30)/t21-,27+. The molecule has 6 rings (SSSR count). The maximum Gasteiger partial charge on any atom is 0.146 e. The zero-order valence-corrected chi connectivity index (χ0v) is 18.9. The maximum absolute atomic E-state index is 6.39. The monoisotopic (exact) mass is 439 g/mol. The minimum Gasteiger partial charge on any atom is -0.489 e. The number of hydrogen-bond donors (Lipinski definition) is 1. The summed E-state index contributed by atoms with van der Waals surface area (Å²) in [5, 5.41) is 0.923. The van der Waals surface area contributed by atoms with Gasteiger partial charge in [0.1, 0.15) is 30.1 Å². The van der Waals surface area contributed by atoms with Crippen LogP contribution in [-0.2, 0) is 12.1 Å². The van der Waals surface area contributed by atoms with Gasteiger partial charge in [-0.15, -0.1) is 0 Å². The van der Waals surface area contributed by atoms with Gasteiger partial charge in [-0.05, 0) is 62.5 Å². The molecule has 1 aliphatic carbocycles. The summed E-state index contributed by atoms with van der Waals surface area (Å²) in [4.78, 5) is 11.6. The van der Waals surface area contributed by atoms with Crippen LogP contribution in [0.3, 0.4) is 0 Å². The Bertz CT molecular complexity index is 1290. The van der Waals surface area contributed by atoms with E-state index in [4.69, 9.17) is 10.5 Å². The normalized spacial score (nSPS) is 22.6. The lowest BCUT2D eigenvalue weighted by molar-refractivity contribution is -0.00924. The second-order valence-corrected chi connectivity index (χ2v) is 9.62. The Kier molecular flexibility index (Phi) is 4.84. The van der Waals surface area contributed by atoms with Crippen LogP contribution in [0.2, 0.25) is 0 Å². The summed E-state index contributed by atoms with van der Waals surface area (Å²) in [7, 11) is 0. The summed E-state index contributed by atoms with van der Waals surface area (Å²) < 4.78 is 8.42.